The molecule has 0 spiro atoms. The van der Waals surface area contributed by atoms with E-state index in [-0.39, 0.29) is 29.8 Å². The smallest absolute Gasteiger partial charge is 0.294 e. The summed E-state index contributed by atoms with van der Waals surface area (Å²) in [4.78, 5) is 13.0. The summed E-state index contributed by atoms with van der Waals surface area (Å²) in [6, 6.07) is 12.5. The van der Waals surface area contributed by atoms with Gasteiger partial charge in [0.1, 0.15) is 11.4 Å². The van der Waals surface area contributed by atoms with E-state index in [1.807, 2.05) is 31.2 Å². The summed E-state index contributed by atoms with van der Waals surface area (Å²) in [5.74, 6) is 1.32. The second-order valence-electron chi connectivity index (χ2n) is 7.36. The Bertz CT molecular complexity index is 1380. The van der Waals surface area contributed by atoms with Crippen molar-refractivity contribution in [3.05, 3.63) is 53.7 Å². The maximum atomic E-state index is 13.0. The molecule has 13 nitrogen and oxygen atoms in total. The molecule has 4 aromatic rings. The van der Waals surface area contributed by atoms with E-state index in [9.17, 15) is 4.79 Å². The fraction of sp³-hybridized carbons (Fsp3) is 0.182. The van der Waals surface area contributed by atoms with E-state index in [4.69, 9.17) is 19.9 Å². The summed E-state index contributed by atoms with van der Waals surface area (Å²) in [6.45, 7) is 2.79. The van der Waals surface area contributed by atoms with E-state index in [1.54, 1.807) is 18.2 Å². The van der Waals surface area contributed by atoms with Crippen molar-refractivity contribution >= 4 is 17.9 Å². The molecule has 0 radical (unpaired) electrons. The second kappa shape index (κ2) is 9.51. The number of hydrazone groups is 1. The summed E-state index contributed by atoms with van der Waals surface area (Å²) in [5, 5.41) is 19.4. The van der Waals surface area contributed by atoms with Gasteiger partial charge in [-0.05, 0) is 64.8 Å². The zero-order chi connectivity index (χ0) is 24.2. The van der Waals surface area contributed by atoms with E-state index in [0.29, 0.717) is 23.7 Å². The third-order valence-electron chi connectivity index (χ3n) is 4.96. The van der Waals surface area contributed by atoms with Crippen molar-refractivity contribution < 1.29 is 23.6 Å². The van der Waals surface area contributed by atoms with Crippen molar-refractivity contribution in [3.8, 4) is 34.3 Å². The number of ether oxygens (including phenoxy) is 3. The van der Waals surface area contributed by atoms with Gasteiger partial charge in [-0.25, -0.2) is 10.1 Å². The lowest BCUT2D eigenvalue weighted by molar-refractivity contribution is 0.0950. The Morgan fingerprint density at radius 3 is 2.80 bits per heavy atom. The Morgan fingerprint density at radius 1 is 1.20 bits per heavy atom. The fourth-order valence-corrected chi connectivity index (χ4v) is 3.31. The number of aromatic nitrogens is 5. The molecule has 2 aromatic heterocycles. The molecular formula is C22H20N8O5. The van der Waals surface area contributed by atoms with E-state index < -0.39 is 5.91 Å². The average Bonchev–Trinajstić information content (AvgIpc) is 3.62. The van der Waals surface area contributed by atoms with Crippen LogP contribution in [0.3, 0.4) is 0 Å². The molecule has 178 valence electrons. The number of rotatable bonds is 8. The number of anilines is 1. The van der Waals surface area contributed by atoms with Gasteiger partial charge < -0.3 is 19.9 Å². The predicted octanol–water partition coefficient (Wildman–Crippen LogP) is 2.18. The molecule has 0 fully saturated rings. The van der Waals surface area contributed by atoms with Crippen molar-refractivity contribution in [1.82, 2.24) is 30.7 Å². The summed E-state index contributed by atoms with van der Waals surface area (Å²) in [6.07, 6.45) is 2.43. The van der Waals surface area contributed by atoms with Crippen LogP contribution in [-0.4, -0.2) is 50.8 Å². The lowest BCUT2D eigenvalue weighted by Gasteiger charge is -2.07. The molecule has 1 aliphatic heterocycles. The van der Waals surface area contributed by atoms with Crippen LogP contribution in [0.15, 0.2) is 52.2 Å². The minimum Gasteiger partial charge on any atom is -0.494 e. The molecule has 0 aliphatic carbocycles. The highest BCUT2D eigenvalue weighted by atomic mass is 16.7. The number of hydrogen-bond donors (Lipinski definition) is 2. The minimum atomic E-state index is -0.599. The molecule has 0 atom stereocenters. The molecular weight excluding hydrogens is 456 g/mol. The zero-order valence-electron chi connectivity index (χ0n) is 18.5. The Morgan fingerprint density at radius 2 is 2.03 bits per heavy atom. The van der Waals surface area contributed by atoms with Crippen LogP contribution in [0.5, 0.6) is 17.2 Å². The first-order valence-electron chi connectivity index (χ1n) is 10.6. The quantitative estimate of drug-likeness (QED) is 0.284. The summed E-state index contributed by atoms with van der Waals surface area (Å²) < 4.78 is 22.3. The van der Waals surface area contributed by atoms with Gasteiger partial charge in [0.05, 0.1) is 12.8 Å². The summed E-state index contributed by atoms with van der Waals surface area (Å²) in [7, 11) is 0. The highest BCUT2D eigenvalue weighted by Gasteiger charge is 2.26. The number of hydrogen-bond acceptors (Lipinski definition) is 11. The van der Waals surface area contributed by atoms with Gasteiger partial charge >= 0.3 is 0 Å². The molecule has 3 heterocycles. The van der Waals surface area contributed by atoms with Crippen molar-refractivity contribution in [1.29, 1.82) is 0 Å². The largest absolute Gasteiger partial charge is 0.494 e. The first-order valence-corrected chi connectivity index (χ1v) is 10.6. The number of amides is 1. The molecule has 0 saturated heterocycles. The van der Waals surface area contributed by atoms with Crippen LogP contribution in [-0.2, 0) is 0 Å². The van der Waals surface area contributed by atoms with Gasteiger partial charge in [0.2, 0.25) is 18.4 Å². The number of nitrogen functional groups attached to an aromatic ring is 1. The Kier molecular flexibility index (Phi) is 5.94. The molecule has 5 rings (SSSR count). The van der Waals surface area contributed by atoms with Crippen molar-refractivity contribution in [2.45, 2.75) is 13.3 Å². The number of nitrogens with one attached hydrogen (secondary N) is 1. The molecule has 3 N–H and O–H groups in total. The van der Waals surface area contributed by atoms with Crippen LogP contribution in [0.1, 0.15) is 29.4 Å². The van der Waals surface area contributed by atoms with Gasteiger partial charge in [-0.2, -0.15) is 9.78 Å². The molecule has 13 heteroatoms. The van der Waals surface area contributed by atoms with Crippen LogP contribution in [0, 0.1) is 0 Å². The van der Waals surface area contributed by atoms with Gasteiger partial charge in [0.15, 0.2) is 17.2 Å². The third-order valence-corrected chi connectivity index (χ3v) is 4.96. The van der Waals surface area contributed by atoms with Gasteiger partial charge in [0.25, 0.3) is 5.91 Å². The van der Waals surface area contributed by atoms with Crippen LogP contribution >= 0.6 is 0 Å². The number of carbonyl (C=O) groups excluding carboxylic acids is 1. The second-order valence-corrected chi connectivity index (χ2v) is 7.36. The number of nitrogens with zero attached hydrogens (tertiary/aromatic N) is 6. The predicted molar refractivity (Wildman–Crippen MR) is 122 cm³/mol. The van der Waals surface area contributed by atoms with E-state index in [0.717, 1.165) is 17.7 Å². The van der Waals surface area contributed by atoms with E-state index >= 15 is 0 Å². The minimum absolute atomic E-state index is 0.0202. The lowest BCUT2D eigenvalue weighted by Crippen LogP contribution is -2.19. The topological polar surface area (TPSA) is 165 Å². The van der Waals surface area contributed by atoms with Gasteiger partial charge in [0, 0.05) is 5.56 Å². The molecule has 2 aromatic carbocycles. The van der Waals surface area contributed by atoms with Gasteiger partial charge in [-0.3, -0.25) is 4.79 Å². The van der Waals surface area contributed by atoms with Crippen molar-refractivity contribution in [2.24, 2.45) is 5.10 Å². The van der Waals surface area contributed by atoms with Crippen molar-refractivity contribution in [2.75, 3.05) is 19.1 Å². The van der Waals surface area contributed by atoms with Crippen LogP contribution < -0.4 is 25.4 Å². The van der Waals surface area contributed by atoms with Crippen LogP contribution in [0.25, 0.3) is 17.1 Å². The third kappa shape index (κ3) is 4.46. The van der Waals surface area contributed by atoms with E-state index in [2.05, 4.69) is 35.8 Å². The SMILES string of the molecule is CCCOc1ccc(C=NNC(=O)c2nnn(-c3nonc3N)c2-c2ccc3c(c2)OCO3)cc1. The fourth-order valence-electron chi connectivity index (χ4n) is 3.31. The number of fused-ring (bicyclic) bond motifs is 1. The first kappa shape index (κ1) is 21.9. The Hall–Kier alpha value is -4.94. The van der Waals surface area contributed by atoms with E-state index in [1.165, 1.54) is 10.9 Å². The molecule has 0 bridgehead atoms. The lowest BCUT2D eigenvalue weighted by atomic mass is 10.1. The molecule has 35 heavy (non-hydrogen) atoms. The first-order chi connectivity index (χ1) is 17.1. The molecule has 1 amide bonds. The molecule has 1 aliphatic rings. The number of benzene rings is 2. The van der Waals surface area contributed by atoms with Crippen LogP contribution in [0.2, 0.25) is 0 Å². The van der Waals surface area contributed by atoms with Crippen molar-refractivity contribution in [3.63, 3.8) is 0 Å². The number of nitrogens with two attached hydrogens (primary N) is 1. The normalized spacial score (nSPS) is 12.3. The molecule has 0 unspecified atom stereocenters. The molecule has 0 saturated carbocycles. The standard InChI is InChI=1S/C22H20N8O5/c1-2-9-32-15-6-3-13(4-7-15)11-24-26-22(31)18-19(14-5-8-16-17(10-14)34-12-33-16)30(29-25-18)21-20(23)27-35-28-21/h3-8,10-11H,2,9,12H2,1H3,(H2,23,27)(H,26,31). The van der Waals surface area contributed by atoms with Crippen LogP contribution in [0.4, 0.5) is 5.82 Å². The zero-order valence-corrected chi connectivity index (χ0v) is 18.5. The highest BCUT2D eigenvalue weighted by Crippen LogP contribution is 2.37. The van der Waals surface area contributed by atoms with Gasteiger partial charge in [-0.1, -0.05) is 12.1 Å². The monoisotopic (exact) mass is 476 g/mol. The maximum absolute atomic E-state index is 13.0. The van der Waals surface area contributed by atoms with Gasteiger partial charge in [-0.15, -0.1) is 5.10 Å². The average molecular weight is 476 g/mol. The Balaban J connectivity index is 1.41. The summed E-state index contributed by atoms with van der Waals surface area (Å²) >= 11 is 0. The summed E-state index contributed by atoms with van der Waals surface area (Å²) in [5.41, 5.74) is 9.91. The highest BCUT2D eigenvalue weighted by molar-refractivity contribution is 5.99. The maximum Gasteiger partial charge on any atom is 0.294 e. The number of carbonyl (C=O) groups is 1. The Labute approximate surface area is 198 Å².